The van der Waals surface area contributed by atoms with E-state index in [4.69, 9.17) is 14.2 Å². The highest BCUT2D eigenvalue weighted by molar-refractivity contribution is 4.79. The normalized spacial score (nSPS) is 26.8. The van der Waals surface area contributed by atoms with Crippen molar-refractivity contribution in [1.82, 2.24) is 0 Å². The lowest BCUT2D eigenvalue weighted by molar-refractivity contribution is 0.0824. The summed E-state index contributed by atoms with van der Waals surface area (Å²) in [5.41, 5.74) is 0. The van der Waals surface area contributed by atoms with Crippen LogP contribution in [0, 0.1) is 17.8 Å². The average molecular weight is 266 g/mol. The second-order valence-electron chi connectivity index (χ2n) is 5.05. The molecule has 3 unspecified atom stereocenters. The molecule has 0 amide bonds. The zero-order chi connectivity index (χ0) is 13.9. The van der Waals surface area contributed by atoms with E-state index in [1.807, 2.05) is 0 Å². The molecule has 3 heteroatoms. The molecule has 0 aromatic rings. The molecule has 1 saturated carbocycles. The largest absolute Gasteiger partial charge is 0.502 e. The molecule has 108 valence electrons. The molecular weight excluding hydrogens is 240 g/mol. The number of ether oxygens (including phenoxy) is 3. The van der Waals surface area contributed by atoms with Crippen molar-refractivity contribution in [2.75, 3.05) is 19.8 Å². The van der Waals surface area contributed by atoms with E-state index in [-0.39, 0.29) is 0 Å². The summed E-state index contributed by atoms with van der Waals surface area (Å²) in [5.74, 6) is 1.58. The minimum absolute atomic E-state index is 0.485. The molecule has 0 aromatic heterocycles. The highest BCUT2D eigenvalue weighted by Gasteiger charge is 2.29. The first-order valence-electron chi connectivity index (χ1n) is 6.99. The van der Waals surface area contributed by atoms with Gasteiger partial charge in [-0.05, 0) is 37.0 Å². The van der Waals surface area contributed by atoms with Crippen LogP contribution in [-0.4, -0.2) is 19.8 Å². The summed E-state index contributed by atoms with van der Waals surface area (Å²) in [6.45, 7) is 13.0. The minimum Gasteiger partial charge on any atom is -0.502 e. The first-order chi connectivity index (χ1) is 9.31. The van der Waals surface area contributed by atoms with Crippen LogP contribution in [0.5, 0.6) is 0 Å². The van der Waals surface area contributed by atoms with Gasteiger partial charge in [0.1, 0.15) is 0 Å². The Labute approximate surface area is 116 Å². The SMILES string of the molecule is C=COCC1CCCC(COC=C)C(COC=C)C1. The molecule has 1 fully saturated rings. The van der Waals surface area contributed by atoms with Gasteiger partial charge in [-0.1, -0.05) is 26.2 Å². The monoisotopic (exact) mass is 266 g/mol. The lowest BCUT2D eigenvalue weighted by Crippen LogP contribution is -2.24. The van der Waals surface area contributed by atoms with Crippen molar-refractivity contribution < 1.29 is 14.2 Å². The van der Waals surface area contributed by atoms with E-state index in [1.165, 1.54) is 38.0 Å². The summed E-state index contributed by atoms with van der Waals surface area (Å²) in [5, 5.41) is 0. The van der Waals surface area contributed by atoms with Crippen LogP contribution in [0.4, 0.5) is 0 Å². The summed E-state index contributed by atoms with van der Waals surface area (Å²) in [6.07, 6.45) is 9.25. The molecular formula is C16H26O3. The van der Waals surface area contributed by atoms with Gasteiger partial charge in [0.2, 0.25) is 0 Å². The lowest BCUT2D eigenvalue weighted by Gasteiger charge is -2.25. The van der Waals surface area contributed by atoms with Gasteiger partial charge >= 0.3 is 0 Å². The third kappa shape index (κ3) is 5.86. The first kappa shape index (κ1) is 15.7. The number of hydrogen-bond donors (Lipinski definition) is 0. The summed E-state index contributed by atoms with van der Waals surface area (Å²) in [4.78, 5) is 0. The fraction of sp³-hybridized carbons (Fsp3) is 0.625. The van der Waals surface area contributed by atoms with E-state index < -0.39 is 0 Å². The molecule has 0 saturated heterocycles. The smallest absolute Gasteiger partial charge is 0.0905 e. The fourth-order valence-electron chi connectivity index (χ4n) is 2.81. The summed E-state index contributed by atoms with van der Waals surface area (Å²) < 4.78 is 16.2. The van der Waals surface area contributed by atoms with Crippen molar-refractivity contribution in [1.29, 1.82) is 0 Å². The van der Waals surface area contributed by atoms with E-state index in [0.29, 0.717) is 24.4 Å². The van der Waals surface area contributed by atoms with Gasteiger partial charge in [-0.2, -0.15) is 0 Å². The third-order valence-corrected chi connectivity index (χ3v) is 3.80. The second-order valence-corrected chi connectivity index (χ2v) is 5.05. The highest BCUT2D eigenvalue weighted by atomic mass is 16.5. The van der Waals surface area contributed by atoms with Crippen LogP contribution in [0.3, 0.4) is 0 Å². The van der Waals surface area contributed by atoms with Crippen molar-refractivity contribution >= 4 is 0 Å². The van der Waals surface area contributed by atoms with Gasteiger partial charge < -0.3 is 14.2 Å². The maximum atomic E-state index is 5.41. The number of rotatable bonds is 9. The minimum atomic E-state index is 0.485. The zero-order valence-corrected chi connectivity index (χ0v) is 11.8. The molecule has 0 bridgehead atoms. The van der Waals surface area contributed by atoms with Gasteiger partial charge in [0.05, 0.1) is 38.6 Å². The quantitative estimate of drug-likeness (QED) is 0.468. The highest BCUT2D eigenvalue weighted by Crippen LogP contribution is 2.33. The van der Waals surface area contributed by atoms with Crippen LogP contribution in [0.2, 0.25) is 0 Å². The van der Waals surface area contributed by atoms with Gasteiger partial charge in [0, 0.05) is 0 Å². The molecule has 0 radical (unpaired) electrons. The van der Waals surface area contributed by atoms with E-state index in [9.17, 15) is 0 Å². The van der Waals surface area contributed by atoms with Crippen LogP contribution >= 0.6 is 0 Å². The Morgan fingerprint density at radius 2 is 1.37 bits per heavy atom. The Morgan fingerprint density at radius 1 is 0.789 bits per heavy atom. The lowest BCUT2D eigenvalue weighted by atomic mass is 9.87. The van der Waals surface area contributed by atoms with Gasteiger partial charge in [-0.25, -0.2) is 0 Å². The molecule has 3 atom stereocenters. The predicted octanol–water partition coefficient (Wildman–Crippen LogP) is 3.89. The van der Waals surface area contributed by atoms with Gasteiger partial charge in [-0.15, -0.1) is 0 Å². The third-order valence-electron chi connectivity index (χ3n) is 3.80. The second kappa shape index (κ2) is 9.54. The summed E-state index contributed by atoms with van der Waals surface area (Å²) in [6, 6.07) is 0. The van der Waals surface area contributed by atoms with Crippen LogP contribution < -0.4 is 0 Å². The Bertz CT molecular complexity index is 275. The standard InChI is InChI=1S/C16H26O3/c1-4-17-11-14-8-7-9-15(12-18-5-2)16(10-14)13-19-6-3/h4-6,14-16H,1-3,7-13H2. The summed E-state index contributed by atoms with van der Waals surface area (Å²) in [7, 11) is 0. The van der Waals surface area contributed by atoms with E-state index >= 15 is 0 Å². The van der Waals surface area contributed by atoms with Crippen molar-refractivity contribution in [2.24, 2.45) is 17.8 Å². The van der Waals surface area contributed by atoms with Crippen molar-refractivity contribution in [3.05, 3.63) is 38.5 Å². The van der Waals surface area contributed by atoms with E-state index in [1.54, 1.807) is 0 Å². The van der Waals surface area contributed by atoms with Crippen LogP contribution in [-0.2, 0) is 14.2 Å². The van der Waals surface area contributed by atoms with Gasteiger partial charge in [0.25, 0.3) is 0 Å². The predicted molar refractivity (Wildman–Crippen MR) is 77.4 cm³/mol. The Kier molecular flexibility index (Phi) is 7.87. The maximum absolute atomic E-state index is 5.41. The molecule has 0 aromatic carbocycles. The fourth-order valence-corrected chi connectivity index (χ4v) is 2.81. The van der Waals surface area contributed by atoms with E-state index in [0.717, 1.165) is 19.6 Å². The topological polar surface area (TPSA) is 27.7 Å². The van der Waals surface area contributed by atoms with Crippen molar-refractivity contribution in [2.45, 2.75) is 25.7 Å². The van der Waals surface area contributed by atoms with Crippen molar-refractivity contribution in [3.8, 4) is 0 Å². The maximum Gasteiger partial charge on any atom is 0.0905 e. The Hall–Kier alpha value is -1.38. The van der Waals surface area contributed by atoms with Crippen LogP contribution in [0.25, 0.3) is 0 Å². The molecule has 3 nitrogen and oxygen atoms in total. The molecule has 1 aliphatic rings. The Morgan fingerprint density at radius 3 is 2.00 bits per heavy atom. The Balaban J connectivity index is 2.56. The molecule has 0 aliphatic heterocycles. The molecule has 19 heavy (non-hydrogen) atoms. The van der Waals surface area contributed by atoms with Crippen molar-refractivity contribution in [3.63, 3.8) is 0 Å². The first-order valence-corrected chi connectivity index (χ1v) is 6.99. The molecule has 0 N–H and O–H groups in total. The van der Waals surface area contributed by atoms with E-state index in [2.05, 4.69) is 19.7 Å². The summed E-state index contributed by atoms with van der Waals surface area (Å²) >= 11 is 0. The van der Waals surface area contributed by atoms with Gasteiger partial charge in [-0.3, -0.25) is 0 Å². The molecule has 0 spiro atoms. The molecule has 1 rings (SSSR count). The molecule has 1 aliphatic carbocycles. The number of hydrogen-bond acceptors (Lipinski definition) is 3. The van der Waals surface area contributed by atoms with Gasteiger partial charge in [0.15, 0.2) is 0 Å². The van der Waals surface area contributed by atoms with Crippen LogP contribution in [0.1, 0.15) is 25.7 Å². The zero-order valence-electron chi connectivity index (χ0n) is 11.8. The average Bonchev–Trinajstić information content (AvgIpc) is 2.62. The molecule has 0 heterocycles. The van der Waals surface area contributed by atoms with Crippen LogP contribution in [0.15, 0.2) is 38.5 Å².